The lowest BCUT2D eigenvalue weighted by atomic mass is 10.0. The number of nitrogens with one attached hydrogen (secondary N) is 3. The Morgan fingerprint density at radius 3 is 2.88 bits per heavy atom. The van der Waals surface area contributed by atoms with E-state index in [1.807, 2.05) is 24.4 Å². The molecule has 1 amide bonds. The molecule has 0 radical (unpaired) electrons. The van der Waals surface area contributed by atoms with E-state index in [2.05, 4.69) is 10.3 Å². The Bertz CT molecular complexity index is 917. The molecule has 122 valence electrons. The average molecular weight is 324 g/mol. The summed E-state index contributed by atoms with van der Waals surface area (Å²) in [4.78, 5) is 13.9. The second-order valence-electron chi connectivity index (χ2n) is 5.48. The van der Waals surface area contributed by atoms with Crippen molar-refractivity contribution in [1.82, 2.24) is 4.98 Å². The van der Waals surface area contributed by atoms with Crippen LogP contribution in [0, 0.1) is 11.2 Å². The second-order valence-corrected chi connectivity index (χ2v) is 5.48. The number of benzene rings is 2. The van der Waals surface area contributed by atoms with Gasteiger partial charge < -0.3 is 21.4 Å². The first-order chi connectivity index (χ1) is 11.6. The summed E-state index contributed by atoms with van der Waals surface area (Å²) < 4.78 is 13.3. The number of halogens is 1. The molecule has 2 aromatic carbocycles. The fourth-order valence-electron chi connectivity index (χ4n) is 2.66. The molecule has 5 nitrogen and oxygen atoms in total. The maximum Gasteiger partial charge on any atom is 0.219 e. The lowest BCUT2D eigenvalue weighted by molar-refractivity contribution is -0.117. The molecule has 24 heavy (non-hydrogen) atoms. The molecule has 0 spiro atoms. The van der Waals surface area contributed by atoms with Crippen LogP contribution in [0.5, 0.6) is 0 Å². The van der Waals surface area contributed by atoms with E-state index < -0.39 is 0 Å². The van der Waals surface area contributed by atoms with Gasteiger partial charge in [0.1, 0.15) is 5.82 Å². The van der Waals surface area contributed by atoms with Gasteiger partial charge in [-0.15, -0.1) is 0 Å². The van der Waals surface area contributed by atoms with Gasteiger partial charge in [0, 0.05) is 53.1 Å². The third-order valence-electron chi connectivity index (χ3n) is 3.85. The molecule has 0 saturated heterocycles. The summed E-state index contributed by atoms with van der Waals surface area (Å²) in [5, 5.41) is 11.6. The van der Waals surface area contributed by atoms with Gasteiger partial charge in [0.05, 0.1) is 0 Å². The van der Waals surface area contributed by atoms with Crippen LogP contribution in [-0.4, -0.2) is 23.7 Å². The highest BCUT2D eigenvalue weighted by molar-refractivity contribution is 5.97. The number of nitrogens with two attached hydrogens (primary N) is 1. The largest absolute Gasteiger partial charge is 0.384 e. The van der Waals surface area contributed by atoms with E-state index in [4.69, 9.17) is 11.1 Å². The maximum absolute atomic E-state index is 13.3. The zero-order valence-corrected chi connectivity index (χ0v) is 12.9. The maximum atomic E-state index is 13.3. The van der Waals surface area contributed by atoms with Crippen LogP contribution in [-0.2, 0) is 4.79 Å². The Hall–Kier alpha value is -3.15. The highest BCUT2D eigenvalue weighted by Crippen LogP contribution is 2.31. The third-order valence-corrected chi connectivity index (χ3v) is 3.85. The summed E-state index contributed by atoms with van der Waals surface area (Å²) in [7, 11) is 0. The van der Waals surface area contributed by atoms with E-state index in [0.717, 1.165) is 27.7 Å². The number of primary amides is 1. The Labute approximate surface area is 138 Å². The third kappa shape index (κ3) is 3.12. The Kier molecular flexibility index (Phi) is 4.29. The number of amides is 1. The summed E-state index contributed by atoms with van der Waals surface area (Å²) in [5.74, 6) is -0.669. The number of aromatic amines is 1. The average Bonchev–Trinajstić information content (AvgIpc) is 2.97. The molecule has 0 aliphatic rings. The van der Waals surface area contributed by atoms with Crippen molar-refractivity contribution in [3.8, 4) is 11.1 Å². The number of carbonyl (C=O) groups excluding carboxylic acids is 1. The minimum absolute atomic E-state index is 0.216. The molecule has 0 aliphatic carbocycles. The molecule has 3 rings (SSSR count). The Morgan fingerprint density at radius 2 is 2.12 bits per heavy atom. The second kappa shape index (κ2) is 6.54. The van der Waals surface area contributed by atoms with E-state index in [1.54, 1.807) is 6.07 Å². The van der Waals surface area contributed by atoms with Crippen LogP contribution in [0.1, 0.15) is 12.0 Å². The fourth-order valence-corrected chi connectivity index (χ4v) is 2.66. The van der Waals surface area contributed by atoms with Gasteiger partial charge in [0.2, 0.25) is 5.91 Å². The first kappa shape index (κ1) is 15.7. The highest BCUT2D eigenvalue weighted by Gasteiger charge is 2.09. The molecular formula is C18H17FN4O. The first-order valence-corrected chi connectivity index (χ1v) is 7.52. The van der Waals surface area contributed by atoms with Gasteiger partial charge in [-0.2, -0.15) is 0 Å². The van der Waals surface area contributed by atoms with E-state index in [-0.39, 0.29) is 18.1 Å². The van der Waals surface area contributed by atoms with E-state index in [9.17, 15) is 9.18 Å². The standard InChI is InChI=1S/C18H17FN4O/c19-13-3-4-14-15(10-23-17(14)8-13)11-1-2-12(9-20)16(7-11)22-6-5-18(21)24/h1-4,7-10,20,22-23H,5-6H2,(H2,21,24). The summed E-state index contributed by atoms with van der Waals surface area (Å²) >= 11 is 0. The molecule has 3 aromatic rings. The number of H-pyrrole nitrogens is 1. The lowest BCUT2D eigenvalue weighted by Gasteiger charge is -2.11. The van der Waals surface area contributed by atoms with Gasteiger partial charge in [0.15, 0.2) is 0 Å². The van der Waals surface area contributed by atoms with Crippen molar-refractivity contribution in [2.24, 2.45) is 5.73 Å². The quantitative estimate of drug-likeness (QED) is 0.524. The minimum Gasteiger partial charge on any atom is -0.384 e. The number of fused-ring (bicyclic) bond motifs is 1. The number of rotatable bonds is 6. The molecule has 6 heteroatoms. The zero-order chi connectivity index (χ0) is 17.1. The van der Waals surface area contributed by atoms with Gasteiger partial charge in [-0.05, 0) is 29.8 Å². The van der Waals surface area contributed by atoms with Gasteiger partial charge in [0.25, 0.3) is 0 Å². The molecule has 0 aliphatic heterocycles. The minimum atomic E-state index is -0.381. The molecule has 0 fully saturated rings. The monoisotopic (exact) mass is 324 g/mol. The molecule has 0 unspecified atom stereocenters. The van der Waals surface area contributed by atoms with Gasteiger partial charge in [-0.1, -0.05) is 12.1 Å². The summed E-state index contributed by atoms with van der Waals surface area (Å²) in [5.41, 5.74) is 9.22. The summed E-state index contributed by atoms with van der Waals surface area (Å²) in [6.07, 6.45) is 3.30. The molecule has 0 saturated carbocycles. The SMILES string of the molecule is N=Cc1ccc(-c2c[nH]c3cc(F)ccc23)cc1NCCC(N)=O. The van der Waals surface area contributed by atoms with Gasteiger partial charge >= 0.3 is 0 Å². The van der Waals surface area contributed by atoms with Crippen molar-refractivity contribution in [2.45, 2.75) is 6.42 Å². The zero-order valence-electron chi connectivity index (χ0n) is 12.9. The van der Waals surface area contributed by atoms with E-state index in [0.29, 0.717) is 12.1 Å². The number of carbonyl (C=O) groups is 1. The predicted octanol–water partition coefficient (Wildman–Crippen LogP) is 3.26. The Balaban J connectivity index is 1.98. The molecular weight excluding hydrogens is 307 g/mol. The van der Waals surface area contributed by atoms with Crippen molar-refractivity contribution in [2.75, 3.05) is 11.9 Å². The van der Waals surface area contributed by atoms with Crippen molar-refractivity contribution in [1.29, 1.82) is 5.41 Å². The van der Waals surface area contributed by atoms with E-state index >= 15 is 0 Å². The van der Waals surface area contributed by atoms with Crippen LogP contribution in [0.25, 0.3) is 22.0 Å². The van der Waals surface area contributed by atoms with E-state index in [1.165, 1.54) is 18.3 Å². The van der Waals surface area contributed by atoms with Crippen molar-refractivity contribution in [3.63, 3.8) is 0 Å². The van der Waals surface area contributed by atoms with Crippen LogP contribution in [0.4, 0.5) is 10.1 Å². The number of aromatic nitrogens is 1. The number of hydrogen-bond acceptors (Lipinski definition) is 3. The Morgan fingerprint density at radius 1 is 1.29 bits per heavy atom. The summed E-state index contributed by atoms with van der Waals surface area (Å²) in [6, 6.07) is 10.3. The highest BCUT2D eigenvalue weighted by atomic mass is 19.1. The van der Waals surface area contributed by atoms with Crippen LogP contribution in [0.3, 0.4) is 0 Å². The number of anilines is 1. The van der Waals surface area contributed by atoms with Crippen LogP contribution in [0.15, 0.2) is 42.6 Å². The molecule has 1 aromatic heterocycles. The first-order valence-electron chi connectivity index (χ1n) is 7.52. The van der Waals surface area contributed by atoms with Crippen molar-refractivity contribution < 1.29 is 9.18 Å². The summed E-state index contributed by atoms with van der Waals surface area (Å²) in [6.45, 7) is 0.402. The molecule has 0 bridgehead atoms. The smallest absolute Gasteiger partial charge is 0.219 e. The normalized spacial score (nSPS) is 10.7. The number of hydrogen-bond donors (Lipinski definition) is 4. The molecule has 0 atom stereocenters. The van der Waals surface area contributed by atoms with Gasteiger partial charge in [-0.3, -0.25) is 4.79 Å². The van der Waals surface area contributed by atoms with Crippen LogP contribution < -0.4 is 11.1 Å². The topological polar surface area (TPSA) is 94.8 Å². The lowest BCUT2D eigenvalue weighted by Crippen LogP contribution is -2.16. The molecule has 1 heterocycles. The van der Waals surface area contributed by atoms with Crippen molar-refractivity contribution in [3.05, 3.63) is 54.0 Å². The van der Waals surface area contributed by atoms with Crippen LogP contribution in [0.2, 0.25) is 0 Å². The van der Waals surface area contributed by atoms with Gasteiger partial charge in [-0.25, -0.2) is 4.39 Å². The fraction of sp³-hybridized carbons (Fsp3) is 0.111. The van der Waals surface area contributed by atoms with Crippen molar-refractivity contribution >= 4 is 28.7 Å². The van der Waals surface area contributed by atoms with Crippen LogP contribution >= 0.6 is 0 Å². The molecule has 5 N–H and O–H groups in total. The predicted molar refractivity (Wildman–Crippen MR) is 93.9 cm³/mol.